The van der Waals surface area contributed by atoms with Crippen molar-refractivity contribution in [2.24, 2.45) is 0 Å². The lowest BCUT2D eigenvalue weighted by Gasteiger charge is -2.33. The first-order valence-corrected chi connectivity index (χ1v) is 8.34. The third kappa shape index (κ3) is 3.98. The van der Waals surface area contributed by atoms with Crippen molar-refractivity contribution in [1.29, 1.82) is 0 Å². The van der Waals surface area contributed by atoms with Gasteiger partial charge in [-0.05, 0) is 37.6 Å². The number of benzene rings is 1. The van der Waals surface area contributed by atoms with E-state index in [1.54, 1.807) is 4.90 Å². The highest BCUT2D eigenvalue weighted by Crippen LogP contribution is 2.29. The van der Waals surface area contributed by atoms with E-state index < -0.39 is 0 Å². The van der Waals surface area contributed by atoms with E-state index in [1.165, 1.54) is 5.56 Å². The first kappa shape index (κ1) is 16.3. The number of rotatable bonds is 5. The zero-order valence-electron chi connectivity index (χ0n) is 13.0. The molecule has 1 fully saturated rings. The van der Waals surface area contributed by atoms with Gasteiger partial charge in [-0.2, -0.15) is 0 Å². The maximum absolute atomic E-state index is 11.8. The van der Waals surface area contributed by atoms with Crippen molar-refractivity contribution in [3.05, 3.63) is 28.2 Å². The van der Waals surface area contributed by atoms with Gasteiger partial charge in [0.05, 0.1) is 6.54 Å². The smallest absolute Gasteiger partial charge is 0.241 e. The van der Waals surface area contributed by atoms with Crippen LogP contribution in [-0.2, 0) is 4.79 Å². The summed E-state index contributed by atoms with van der Waals surface area (Å²) in [5.74, 6) is 0.180. The molecule has 116 valence electrons. The SMILES string of the molecule is CCCNC(C)c1ccc(N2CCN(C)C(=O)C2)cc1Br. The summed E-state index contributed by atoms with van der Waals surface area (Å²) in [5.41, 5.74) is 2.36. The Morgan fingerprint density at radius 2 is 2.14 bits per heavy atom. The van der Waals surface area contributed by atoms with Gasteiger partial charge >= 0.3 is 0 Å². The van der Waals surface area contributed by atoms with Gasteiger partial charge in [0, 0.05) is 36.3 Å². The number of piperazine rings is 1. The molecule has 1 amide bonds. The van der Waals surface area contributed by atoms with Crippen molar-refractivity contribution in [2.45, 2.75) is 26.3 Å². The second kappa shape index (κ2) is 7.27. The second-order valence-corrected chi connectivity index (χ2v) is 6.47. The summed E-state index contributed by atoms with van der Waals surface area (Å²) in [5, 5.41) is 3.50. The number of nitrogens with one attached hydrogen (secondary N) is 1. The molecule has 2 rings (SSSR count). The van der Waals surface area contributed by atoms with Crippen molar-refractivity contribution < 1.29 is 4.79 Å². The van der Waals surface area contributed by atoms with Crippen LogP contribution in [0, 0.1) is 0 Å². The van der Waals surface area contributed by atoms with Gasteiger partial charge < -0.3 is 15.1 Å². The van der Waals surface area contributed by atoms with Crippen molar-refractivity contribution in [3.8, 4) is 0 Å². The van der Waals surface area contributed by atoms with Crippen molar-refractivity contribution in [1.82, 2.24) is 10.2 Å². The molecule has 1 N–H and O–H groups in total. The van der Waals surface area contributed by atoms with E-state index in [0.29, 0.717) is 12.6 Å². The van der Waals surface area contributed by atoms with Crippen LogP contribution < -0.4 is 10.2 Å². The Bertz CT molecular complexity index is 506. The van der Waals surface area contributed by atoms with Gasteiger partial charge in [0.2, 0.25) is 5.91 Å². The molecule has 0 aliphatic carbocycles. The molecule has 0 bridgehead atoms. The molecular weight excluding hydrogens is 330 g/mol. The Morgan fingerprint density at radius 1 is 1.38 bits per heavy atom. The van der Waals surface area contributed by atoms with Gasteiger partial charge in [-0.15, -0.1) is 0 Å². The van der Waals surface area contributed by atoms with Crippen molar-refractivity contribution in [2.75, 3.05) is 38.1 Å². The number of nitrogens with zero attached hydrogens (tertiary/aromatic N) is 2. The lowest BCUT2D eigenvalue weighted by Crippen LogP contribution is -2.48. The van der Waals surface area contributed by atoms with Gasteiger partial charge in [0.25, 0.3) is 0 Å². The number of anilines is 1. The summed E-state index contributed by atoms with van der Waals surface area (Å²) in [6.07, 6.45) is 1.13. The maximum Gasteiger partial charge on any atom is 0.241 e. The fourth-order valence-corrected chi connectivity index (χ4v) is 3.22. The summed E-state index contributed by atoms with van der Waals surface area (Å²) in [6, 6.07) is 6.71. The number of carbonyl (C=O) groups is 1. The molecule has 1 aliphatic rings. The van der Waals surface area contributed by atoms with Crippen LogP contribution in [0.4, 0.5) is 5.69 Å². The average molecular weight is 354 g/mol. The molecule has 4 nitrogen and oxygen atoms in total. The van der Waals surface area contributed by atoms with Crippen LogP contribution in [0.1, 0.15) is 31.9 Å². The third-order valence-electron chi connectivity index (χ3n) is 3.97. The number of likely N-dealkylation sites (N-methyl/N-ethyl adjacent to an activating group) is 1. The predicted molar refractivity (Wildman–Crippen MR) is 90.7 cm³/mol. The molecule has 5 heteroatoms. The molecular formula is C16H24BrN3O. The topological polar surface area (TPSA) is 35.6 Å². The van der Waals surface area contributed by atoms with Crippen LogP contribution >= 0.6 is 15.9 Å². The molecule has 21 heavy (non-hydrogen) atoms. The molecule has 0 radical (unpaired) electrons. The Hall–Kier alpha value is -1.07. The minimum Gasteiger partial charge on any atom is -0.360 e. The fraction of sp³-hybridized carbons (Fsp3) is 0.562. The maximum atomic E-state index is 11.8. The second-order valence-electron chi connectivity index (χ2n) is 5.62. The average Bonchev–Trinajstić information content (AvgIpc) is 2.47. The third-order valence-corrected chi connectivity index (χ3v) is 4.66. The highest BCUT2D eigenvalue weighted by molar-refractivity contribution is 9.10. The molecule has 1 aromatic carbocycles. The van der Waals surface area contributed by atoms with Gasteiger partial charge in [0.15, 0.2) is 0 Å². The Morgan fingerprint density at radius 3 is 2.76 bits per heavy atom. The van der Waals surface area contributed by atoms with Crippen molar-refractivity contribution >= 4 is 27.5 Å². The predicted octanol–water partition coefficient (Wildman–Crippen LogP) is 2.79. The minimum absolute atomic E-state index is 0.180. The number of halogens is 1. The summed E-state index contributed by atoms with van der Waals surface area (Å²) < 4.78 is 1.10. The Kier molecular flexibility index (Phi) is 5.65. The van der Waals surface area contributed by atoms with Crippen LogP contribution in [0.3, 0.4) is 0 Å². The Labute approximate surface area is 135 Å². The minimum atomic E-state index is 0.180. The van der Waals surface area contributed by atoms with Crippen LogP contribution in [0.2, 0.25) is 0 Å². The highest BCUT2D eigenvalue weighted by atomic mass is 79.9. The lowest BCUT2D eigenvalue weighted by molar-refractivity contribution is -0.129. The van der Waals surface area contributed by atoms with Crippen LogP contribution in [0.15, 0.2) is 22.7 Å². The van der Waals surface area contributed by atoms with Crippen LogP contribution in [0.5, 0.6) is 0 Å². The molecule has 0 spiro atoms. The van der Waals surface area contributed by atoms with Gasteiger partial charge in [-0.3, -0.25) is 4.79 Å². The largest absolute Gasteiger partial charge is 0.360 e. The molecule has 1 saturated heterocycles. The molecule has 1 aliphatic heterocycles. The zero-order chi connectivity index (χ0) is 15.4. The monoisotopic (exact) mass is 353 g/mol. The van der Waals surface area contributed by atoms with Gasteiger partial charge in [0.1, 0.15) is 0 Å². The number of amides is 1. The number of carbonyl (C=O) groups excluding carboxylic acids is 1. The standard InChI is InChI=1S/C16H24BrN3O/c1-4-7-18-12(2)14-6-5-13(10-15(14)17)20-9-8-19(3)16(21)11-20/h5-6,10,12,18H,4,7-9,11H2,1-3H3. The molecule has 1 unspecified atom stereocenters. The normalized spacial score (nSPS) is 17.2. The van der Waals surface area contributed by atoms with E-state index in [0.717, 1.165) is 36.2 Å². The molecule has 1 heterocycles. The first-order chi connectivity index (χ1) is 10.0. The van der Waals surface area contributed by atoms with Gasteiger partial charge in [-0.1, -0.05) is 28.9 Å². The van der Waals surface area contributed by atoms with E-state index in [1.807, 2.05) is 7.05 Å². The zero-order valence-corrected chi connectivity index (χ0v) is 14.6. The van der Waals surface area contributed by atoms with E-state index in [4.69, 9.17) is 0 Å². The quantitative estimate of drug-likeness (QED) is 0.883. The number of hydrogen-bond acceptors (Lipinski definition) is 3. The lowest BCUT2D eigenvalue weighted by atomic mass is 10.1. The summed E-state index contributed by atoms with van der Waals surface area (Å²) in [6.45, 7) is 7.50. The van der Waals surface area contributed by atoms with Gasteiger partial charge in [-0.25, -0.2) is 0 Å². The van der Waals surface area contributed by atoms with E-state index in [2.05, 4.69) is 58.2 Å². The molecule has 1 atom stereocenters. The van der Waals surface area contributed by atoms with E-state index in [9.17, 15) is 4.79 Å². The molecule has 1 aromatic rings. The summed E-state index contributed by atoms with van der Waals surface area (Å²) in [7, 11) is 1.86. The van der Waals surface area contributed by atoms with E-state index in [-0.39, 0.29) is 5.91 Å². The summed E-state index contributed by atoms with van der Waals surface area (Å²) >= 11 is 3.67. The van der Waals surface area contributed by atoms with Crippen LogP contribution in [0.25, 0.3) is 0 Å². The van der Waals surface area contributed by atoms with Crippen LogP contribution in [-0.4, -0.2) is 44.0 Å². The highest BCUT2D eigenvalue weighted by Gasteiger charge is 2.21. The van der Waals surface area contributed by atoms with Crippen molar-refractivity contribution in [3.63, 3.8) is 0 Å². The van der Waals surface area contributed by atoms with E-state index >= 15 is 0 Å². The Balaban J connectivity index is 2.10. The molecule has 0 aromatic heterocycles. The fourth-order valence-electron chi connectivity index (χ4n) is 2.51. The first-order valence-electron chi connectivity index (χ1n) is 7.54. The number of hydrogen-bond donors (Lipinski definition) is 1. The molecule has 0 saturated carbocycles. The summed E-state index contributed by atoms with van der Waals surface area (Å²) in [4.78, 5) is 15.7.